The Labute approximate surface area is 88.3 Å². The van der Waals surface area contributed by atoms with Crippen molar-refractivity contribution in [2.24, 2.45) is 0 Å². The third-order valence-corrected chi connectivity index (χ3v) is 0.936. The van der Waals surface area contributed by atoms with Gasteiger partial charge < -0.3 is 14.6 Å². The molecule has 0 saturated carbocycles. The van der Waals surface area contributed by atoms with E-state index >= 15 is 0 Å². The van der Waals surface area contributed by atoms with Gasteiger partial charge in [0.15, 0.2) is 5.76 Å². The number of hydrogen-bond donors (Lipinski definition) is 1. The van der Waals surface area contributed by atoms with Gasteiger partial charge in [0.05, 0.1) is 7.11 Å². The van der Waals surface area contributed by atoms with E-state index in [0.29, 0.717) is 0 Å². The summed E-state index contributed by atoms with van der Waals surface area (Å²) in [6, 6.07) is 0. The molecule has 0 aliphatic carbocycles. The maximum Gasteiger partial charge on any atom is 0.373 e. The molecule has 0 aromatic carbocycles. The number of hydrogen-bond acceptors (Lipinski definition) is 5. The quantitative estimate of drug-likeness (QED) is 0.329. The lowest BCUT2D eigenvalue weighted by Gasteiger charge is -1.96. The number of methoxy groups -OCH3 is 1. The second-order valence-corrected chi connectivity index (χ2v) is 2.06. The molecule has 0 amide bonds. The van der Waals surface area contributed by atoms with Crippen molar-refractivity contribution >= 4 is 11.9 Å². The number of esters is 2. The summed E-state index contributed by atoms with van der Waals surface area (Å²) in [7, 11) is 1.31. The summed E-state index contributed by atoms with van der Waals surface area (Å²) in [5.41, 5.74) is 0. The van der Waals surface area contributed by atoms with Gasteiger partial charge in [0, 0.05) is 6.08 Å². The minimum Gasteiger partial charge on any atom is -0.502 e. The van der Waals surface area contributed by atoms with Crippen LogP contribution in [0, 0.1) is 0 Å². The molecule has 0 spiro atoms. The highest BCUT2D eigenvalue weighted by molar-refractivity contribution is 5.84. The molecule has 0 aromatic rings. The van der Waals surface area contributed by atoms with E-state index in [4.69, 9.17) is 5.11 Å². The predicted octanol–water partition coefficient (Wildman–Crippen LogP) is 1.13. The van der Waals surface area contributed by atoms with Crippen molar-refractivity contribution in [3.63, 3.8) is 0 Å². The Morgan fingerprint density at radius 1 is 1.40 bits per heavy atom. The Kier molecular flexibility index (Phi) is 10.3. The highest BCUT2D eigenvalue weighted by Gasteiger charge is 2.02. The van der Waals surface area contributed by atoms with Crippen LogP contribution in [0.2, 0.25) is 0 Å². The first-order chi connectivity index (χ1) is 6.99. The monoisotopic (exact) mass is 214 g/mol. The van der Waals surface area contributed by atoms with E-state index in [1.807, 2.05) is 0 Å². The van der Waals surface area contributed by atoms with Crippen molar-refractivity contribution in [2.75, 3.05) is 13.7 Å². The number of carbonyl (C=O) groups excluding carboxylic acids is 2. The summed E-state index contributed by atoms with van der Waals surface area (Å²) in [6.45, 7) is 9.51. The summed E-state index contributed by atoms with van der Waals surface area (Å²) in [5, 5.41) is 8.34. The first kappa shape index (κ1) is 15.4. The first-order valence-corrected chi connectivity index (χ1v) is 3.85. The van der Waals surface area contributed by atoms with Gasteiger partial charge in [-0.25, -0.2) is 9.59 Å². The molecule has 0 atom stereocenters. The van der Waals surface area contributed by atoms with Crippen LogP contribution in [-0.2, 0) is 19.1 Å². The molecule has 0 aliphatic heterocycles. The van der Waals surface area contributed by atoms with Gasteiger partial charge in [-0.15, -0.1) is 0 Å². The van der Waals surface area contributed by atoms with Crippen molar-refractivity contribution in [1.29, 1.82) is 0 Å². The maximum absolute atomic E-state index is 10.3. The Morgan fingerprint density at radius 3 is 2.13 bits per heavy atom. The number of aliphatic hydroxyl groups excluding tert-OH is 1. The van der Waals surface area contributed by atoms with Crippen LogP contribution in [0.15, 0.2) is 37.6 Å². The van der Waals surface area contributed by atoms with Crippen molar-refractivity contribution in [1.82, 2.24) is 0 Å². The zero-order chi connectivity index (χ0) is 12.3. The number of carbonyl (C=O) groups is 2. The maximum atomic E-state index is 10.3. The highest BCUT2D eigenvalue weighted by atomic mass is 16.5. The average molecular weight is 214 g/mol. The molecular weight excluding hydrogens is 200 g/mol. The molecule has 5 nitrogen and oxygen atoms in total. The van der Waals surface area contributed by atoms with E-state index in [1.54, 1.807) is 0 Å². The summed E-state index contributed by atoms with van der Waals surface area (Å²) in [5.74, 6) is -1.79. The van der Waals surface area contributed by atoms with E-state index in [1.165, 1.54) is 13.2 Å². The van der Waals surface area contributed by atoms with Gasteiger partial charge in [0.2, 0.25) is 0 Å². The summed E-state index contributed by atoms with van der Waals surface area (Å²) < 4.78 is 8.49. The standard InChI is InChI=1S/C6H8O3.C4H6O2/c1-3-4-9-6(8)5(2)7;1-3-4(5)6-2/h3,7H,1-2,4H2;3H,1H2,2H3. The Bertz CT molecular complexity index is 255. The third kappa shape index (κ3) is 12.0. The fourth-order valence-corrected chi connectivity index (χ4v) is 0.301. The SMILES string of the molecule is C=CC(=O)OC.C=CCOC(=O)C(=C)O. The van der Waals surface area contributed by atoms with Crippen LogP contribution in [0.3, 0.4) is 0 Å². The largest absolute Gasteiger partial charge is 0.502 e. The molecule has 1 N–H and O–H groups in total. The van der Waals surface area contributed by atoms with E-state index < -0.39 is 17.7 Å². The molecule has 0 aliphatic rings. The highest BCUT2D eigenvalue weighted by Crippen LogP contribution is 1.87. The minimum absolute atomic E-state index is 0.0956. The lowest BCUT2D eigenvalue weighted by atomic mass is 10.6. The van der Waals surface area contributed by atoms with Crippen LogP contribution in [0.25, 0.3) is 0 Å². The average Bonchev–Trinajstić information content (AvgIpc) is 2.25. The predicted molar refractivity (Wildman–Crippen MR) is 55.1 cm³/mol. The van der Waals surface area contributed by atoms with Gasteiger partial charge in [-0.05, 0) is 6.58 Å². The van der Waals surface area contributed by atoms with Gasteiger partial charge in [-0.2, -0.15) is 0 Å². The number of aliphatic hydroxyl groups is 1. The van der Waals surface area contributed by atoms with E-state index in [2.05, 4.69) is 29.2 Å². The van der Waals surface area contributed by atoms with Crippen LogP contribution in [0.4, 0.5) is 0 Å². The normalized spacial score (nSPS) is 7.53. The minimum atomic E-state index is -0.810. The van der Waals surface area contributed by atoms with Crippen LogP contribution in [0.5, 0.6) is 0 Å². The smallest absolute Gasteiger partial charge is 0.373 e. The second-order valence-electron chi connectivity index (χ2n) is 2.06. The van der Waals surface area contributed by atoms with Gasteiger partial charge in [0.25, 0.3) is 0 Å². The third-order valence-electron chi connectivity index (χ3n) is 0.936. The van der Waals surface area contributed by atoms with Gasteiger partial charge >= 0.3 is 11.9 Å². The molecule has 0 radical (unpaired) electrons. The fourth-order valence-electron chi connectivity index (χ4n) is 0.301. The summed E-state index contributed by atoms with van der Waals surface area (Å²) in [6.07, 6.45) is 2.51. The summed E-state index contributed by atoms with van der Waals surface area (Å²) in [4.78, 5) is 20.1. The molecule has 0 bridgehead atoms. The van der Waals surface area contributed by atoms with Crippen LogP contribution < -0.4 is 0 Å². The lowest BCUT2D eigenvalue weighted by Crippen LogP contribution is -2.05. The lowest BCUT2D eigenvalue weighted by molar-refractivity contribution is -0.140. The van der Waals surface area contributed by atoms with E-state index in [9.17, 15) is 9.59 Å². The number of ether oxygens (including phenoxy) is 2. The van der Waals surface area contributed by atoms with E-state index in [-0.39, 0.29) is 6.61 Å². The second kappa shape index (κ2) is 10.0. The molecule has 84 valence electrons. The van der Waals surface area contributed by atoms with Gasteiger partial charge in [-0.3, -0.25) is 0 Å². The topological polar surface area (TPSA) is 72.8 Å². The molecule has 0 heterocycles. The zero-order valence-electron chi connectivity index (χ0n) is 8.56. The first-order valence-electron chi connectivity index (χ1n) is 3.85. The van der Waals surface area contributed by atoms with Crippen LogP contribution in [-0.4, -0.2) is 30.8 Å². The van der Waals surface area contributed by atoms with Crippen LogP contribution in [0.1, 0.15) is 0 Å². The molecule has 0 saturated heterocycles. The molecule has 15 heavy (non-hydrogen) atoms. The van der Waals surface area contributed by atoms with Crippen molar-refractivity contribution < 1.29 is 24.2 Å². The van der Waals surface area contributed by atoms with E-state index in [0.717, 1.165) is 6.08 Å². The van der Waals surface area contributed by atoms with Crippen molar-refractivity contribution in [2.45, 2.75) is 0 Å². The Hall–Kier alpha value is -2.04. The Balaban J connectivity index is 0. The molecule has 0 fully saturated rings. The molecule has 0 unspecified atom stereocenters. The Morgan fingerprint density at radius 2 is 1.93 bits per heavy atom. The van der Waals surface area contributed by atoms with Gasteiger partial charge in [0.1, 0.15) is 6.61 Å². The molecule has 5 heteroatoms. The van der Waals surface area contributed by atoms with Crippen molar-refractivity contribution in [3.05, 3.63) is 37.6 Å². The zero-order valence-corrected chi connectivity index (χ0v) is 8.56. The summed E-state index contributed by atoms with van der Waals surface area (Å²) >= 11 is 0. The molecule has 0 aromatic heterocycles. The van der Waals surface area contributed by atoms with Crippen LogP contribution >= 0.6 is 0 Å². The molecule has 0 rings (SSSR count). The fraction of sp³-hybridized carbons (Fsp3) is 0.200. The van der Waals surface area contributed by atoms with Gasteiger partial charge in [-0.1, -0.05) is 19.2 Å². The molecular formula is C10H14O5. The number of rotatable bonds is 4. The van der Waals surface area contributed by atoms with Crippen molar-refractivity contribution in [3.8, 4) is 0 Å².